The van der Waals surface area contributed by atoms with Crippen molar-refractivity contribution in [1.29, 1.82) is 0 Å². The molecule has 3 rings (SSSR count). The highest BCUT2D eigenvalue weighted by atomic mass is 35.5. The molecule has 0 fully saturated rings. The number of benzene rings is 2. The SMILES string of the molecule is O=Cc1c(Cl)ncnc1NCc1cccc2ccccc12. The Morgan fingerprint density at radius 1 is 1.10 bits per heavy atom. The van der Waals surface area contributed by atoms with E-state index in [1.807, 2.05) is 24.3 Å². The summed E-state index contributed by atoms with van der Waals surface area (Å²) in [6.45, 7) is 0.551. The summed E-state index contributed by atoms with van der Waals surface area (Å²) in [7, 11) is 0. The first-order valence-electron chi connectivity index (χ1n) is 6.46. The van der Waals surface area contributed by atoms with E-state index in [9.17, 15) is 4.79 Å². The number of anilines is 1. The molecule has 104 valence electrons. The van der Waals surface area contributed by atoms with Gasteiger partial charge in [-0.2, -0.15) is 0 Å². The highest BCUT2D eigenvalue weighted by Crippen LogP contribution is 2.21. The summed E-state index contributed by atoms with van der Waals surface area (Å²) >= 11 is 5.88. The van der Waals surface area contributed by atoms with Crippen molar-refractivity contribution in [1.82, 2.24) is 9.97 Å². The minimum Gasteiger partial charge on any atom is -0.365 e. The first kappa shape index (κ1) is 13.5. The molecule has 1 N–H and O–H groups in total. The Kier molecular flexibility index (Phi) is 3.79. The lowest BCUT2D eigenvalue weighted by Crippen LogP contribution is -2.06. The third-order valence-electron chi connectivity index (χ3n) is 3.28. The van der Waals surface area contributed by atoms with E-state index in [1.54, 1.807) is 0 Å². The topological polar surface area (TPSA) is 54.9 Å². The second kappa shape index (κ2) is 5.89. The van der Waals surface area contributed by atoms with Gasteiger partial charge in [-0.05, 0) is 16.3 Å². The van der Waals surface area contributed by atoms with Crippen molar-refractivity contribution < 1.29 is 4.79 Å². The molecule has 0 aliphatic rings. The van der Waals surface area contributed by atoms with Gasteiger partial charge in [-0.1, -0.05) is 54.1 Å². The number of nitrogens with zero attached hydrogens (tertiary/aromatic N) is 2. The molecular weight excluding hydrogens is 286 g/mol. The second-order valence-electron chi connectivity index (χ2n) is 4.54. The van der Waals surface area contributed by atoms with Crippen molar-refractivity contribution in [2.45, 2.75) is 6.54 Å². The summed E-state index contributed by atoms with van der Waals surface area (Å²) in [4.78, 5) is 18.9. The van der Waals surface area contributed by atoms with Gasteiger partial charge in [0.15, 0.2) is 6.29 Å². The van der Waals surface area contributed by atoms with Crippen LogP contribution >= 0.6 is 11.6 Å². The fraction of sp³-hybridized carbons (Fsp3) is 0.0625. The van der Waals surface area contributed by atoms with Crippen LogP contribution in [0.25, 0.3) is 10.8 Å². The number of carbonyl (C=O) groups is 1. The smallest absolute Gasteiger partial charge is 0.156 e. The molecule has 5 heteroatoms. The van der Waals surface area contributed by atoms with Crippen LogP contribution in [0.1, 0.15) is 15.9 Å². The Hall–Kier alpha value is -2.46. The fourth-order valence-electron chi connectivity index (χ4n) is 2.24. The van der Waals surface area contributed by atoms with E-state index in [1.165, 1.54) is 17.1 Å². The zero-order chi connectivity index (χ0) is 14.7. The van der Waals surface area contributed by atoms with Crippen molar-refractivity contribution in [2.24, 2.45) is 0 Å². The van der Waals surface area contributed by atoms with E-state index in [0.717, 1.165) is 5.56 Å². The predicted molar refractivity (Wildman–Crippen MR) is 83.7 cm³/mol. The van der Waals surface area contributed by atoms with E-state index in [0.29, 0.717) is 18.6 Å². The van der Waals surface area contributed by atoms with Gasteiger partial charge in [-0.25, -0.2) is 9.97 Å². The van der Waals surface area contributed by atoms with Crippen LogP contribution in [0.3, 0.4) is 0 Å². The fourth-order valence-corrected chi connectivity index (χ4v) is 2.42. The van der Waals surface area contributed by atoms with Crippen LogP contribution in [0.2, 0.25) is 5.15 Å². The van der Waals surface area contributed by atoms with Crippen LogP contribution in [0.4, 0.5) is 5.82 Å². The third kappa shape index (κ3) is 2.71. The van der Waals surface area contributed by atoms with E-state index < -0.39 is 0 Å². The Balaban J connectivity index is 1.91. The van der Waals surface area contributed by atoms with Crippen LogP contribution < -0.4 is 5.32 Å². The maximum atomic E-state index is 11.1. The normalized spacial score (nSPS) is 10.5. The van der Waals surface area contributed by atoms with Crippen molar-refractivity contribution >= 4 is 34.5 Å². The number of hydrogen-bond donors (Lipinski definition) is 1. The van der Waals surface area contributed by atoms with Crippen molar-refractivity contribution in [3.05, 3.63) is 65.1 Å². The molecule has 0 unspecified atom stereocenters. The standard InChI is InChI=1S/C16H12ClN3O/c17-15-14(9-21)16(20-10-19-15)18-8-12-6-3-5-11-4-1-2-7-13(11)12/h1-7,9-10H,8H2,(H,18,19,20). The Morgan fingerprint density at radius 2 is 1.90 bits per heavy atom. The van der Waals surface area contributed by atoms with Gasteiger partial charge in [-0.15, -0.1) is 0 Å². The molecular formula is C16H12ClN3O. The Bertz CT molecular complexity index is 799. The maximum absolute atomic E-state index is 11.1. The first-order valence-corrected chi connectivity index (χ1v) is 6.83. The summed E-state index contributed by atoms with van der Waals surface area (Å²) < 4.78 is 0. The van der Waals surface area contributed by atoms with Crippen LogP contribution in [-0.2, 0) is 6.54 Å². The van der Waals surface area contributed by atoms with Crippen LogP contribution in [0.5, 0.6) is 0 Å². The summed E-state index contributed by atoms with van der Waals surface area (Å²) in [6, 6.07) is 14.3. The van der Waals surface area contributed by atoms with Gasteiger partial charge >= 0.3 is 0 Å². The molecule has 0 saturated heterocycles. The average molecular weight is 298 g/mol. The van der Waals surface area contributed by atoms with E-state index in [4.69, 9.17) is 11.6 Å². The summed E-state index contributed by atoms with van der Waals surface area (Å²) in [5.74, 6) is 0.443. The van der Waals surface area contributed by atoms with Crippen LogP contribution in [0.15, 0.2) is 48.8 Å². The third-order valence-corrected chi connectivity index (χ3v) is 3.58. The number of aromatic nitrogens is 2. The van der Waals surface area contributed by atoms with Gasteiger partial charge < -0.3 is 5.32 Å². The predicted octanol–water partition coefficient (Wildman–Crippen LogP) is 3.71. The van der Waals surface area contributed by atoms with Crippen molar-refractivity contribution in [2.75, 3.05) is 5.32 Å². The monoisotopic (exact) mass is 297 g/mol. The second-order valence-corrected chi connectivity index (χ2v) is 4.89. The van der Waals surface area contributed by atoms with E-state index in [2.05, 4.69) is 33.5 Å². The quantitative estimate of drug-likeness (QED) is 0.589. The van der Waals surface area contributed by atoms with Gasteiger partial charge in [0.25, 0.3) is 0 Å². The zero-order valence-electron chi connectivity index (χ0n) is 11.1. The zero-order valence-corrected chi connectivity index (χ0v) is 11.8. The van der Waals surface area contributed by atoms with E-state index in [-0.39, 0.29) is 10.7 Å². The van der Waals surface area contributed by atoms with Gasteiger partial charge in [0.2, 0.25) is 0 Å². The van der Waals surface area contributed by atoms with Gasteiger partial charge in [0.05, 0.1) is 5.56 Å². The molecule has 0 saturated carbocycles. The number of nitrogens with one attached hydrogen (secondary N) is 1. The molecule has 0 amide bonds. The molecule has 0 atom stereocenters. The molecule has 0 bridgehead atoms. The highest BCUT2D eigenvalue weighted by molar-refractivity contribution is 6.32. The van der Waals surface area contributed by atoms with Gasteiger partial charge in [-0.3, -0.25) is 4.79 Å². The number of carbonyl (C=O) groups excluding carboxylic acids is 1. The molecule has 2 aromatic carbocycles. The Morgan fingerprint density at radius 3 is 2.76 bits per heavy atom. The van der Waals surface area contributed by atoms with Crippen LogP contribution in [0, 0.1) is 0 Å². The maximum Gasteiger partial charge on any atom is 0.156 e. The molecule has 0 aliphatic carbocycles. The lowest BCUT2D eigenvalue weighted by Gasteiger charge is -2.10. The number of fused-ring (bicyclic) bond motifs is 1. The number of halogens is 1. The molecule has 0 radical (unpaired) electrons. The van der Waals surface area contributed by atoms with Gasteiger partial charge in [0.1, 0.15) is 17.3 Å². The lowest BCUT2D eigenvalue weighted by atomic mass is 10.0. The lowest BCUT2D eigenvalue weighted by molar-refractivity contribution is 0.112. The minimum absolute atomic E-state index is 0.153. The largest absolute Gasteiger partial charge is 0.365 e. The molecule has 1 aromatic heterocycles. The molecule has 0 aliphatic heterocycles. The highest BCUT2D eigenvalue weighted by Gasteiger charge is 2.09. The van der Waals surface area contributed by atoms with Crippen LogP contribution in [-0.4, -0.2) is 16.3 Å². The number of aldehydes is 1. The number of hydrogen-bond acceptors (Lipinski definition) is 4. The molecule has 21 heavy (non-hydrogen) atoms. The number of rotatable bonds is 4. The van der Waals surface area contributed by atoms with Crippen molar-refractivity contribution in [3.63, 3.8) is 0 Å². The minimum atomic E-state index is 0.153. The molecule has 1 heterocycles. The summed E-state index contributed by atoms with van der Waals surface area (Å²) in [5, 5.41) is 5.64. The summed E-state index contributed by atoms with van der Waals surface area (Å²) in [5.41, 5.74) is 1.40. The molecule has 4 nitrogen and oxygen atoms in total. The van der Waals surface area contributed by atoms with E-state index >= 15 is 0 Å². The van der Waals surface area contributed by atoms with Crippen molar-refractivity contribution in [3.8, 4) is 0 Å². The Labute approximate surface area is 126 Å². The average Bonchev–Trinajstić information content (AvgIpc) is 2.53. The summed E-state index contributed by atoms with van der Waals surface area (Å²) in [6.07, 6.45) is 1.99. The first-order chi connectivity index (χ1) is 10.3. The molecule has 0 spiro atoms. The van der Waals surface area contributed by atoms with Gasteiger partial charge in [0, 0.05) is 6.54 Å². The molecule has 3 aromatic rings.